The average Bonchev–Trinajstić information content (AvgIpc) is 3.47. The molecule has 7 unspecified atom stereocenters. The minimum atomic E-state index is 0.675. The molecular weight excluding hydrogens is 901 g/mol. The standard InChI is InChI=1S/C75H96/c1-3-27-62(44-46-63-28-12-5-13-29-63)45-48-70(49-47-64-30-14-6-15-31-64)54-60-74(59-53-68-38-22-10-23-39-68)75(61-55-69-40-24-11-25-41-69)73(58-52-67-36-20-9-21-37-67)43-26-42-72(57-51-66-34-18-8-19-35-66)71(4-2)56-50-65-32-16-7-17-33-65/h5-25,28-41,62,70-75H,3-4,26-27,42-61H2,1-2H3. The van der Waals surface area contributed by atoms with Crippen LogP contribution in [-0.4, -0.2) is 0 Å². The van der Waals surface area contributed by atoms with E-state index in [4.69, 9.17) is 0 Å². The summed E-state index contributed by atoms with van der Waals surface area (Å²) < 4.78 is 0. The zero-order chi connectivity index (χ0) is 51.8. The normalized spacial score (nSPS) is 14.4. The Morgan fingerprint density at radius 1 is 0.227 bits per heavy atom. The largest absolute Gasteiger partial charge is 0.0654 e. The monoisotopic (exact) mass is 997 g/mol. The Balaban J connectivity index is 1.16. The molecule has 396 valence electrons. The third kappa shape index (κ3) is 21.6. The van der Waals surface area contributed by atoms with E-state index in [1.807, 2.05) is 0 Å². The van der Waals surface area contributed by atoms with Crippen molar-refractivity contribution in [3.05, 3.63) is 251 Å². The Hall–Kier alpha value is -5.46. The Morgan fingerprint density at radius 3 is 0.840 bits per heavy atom. The maximum Gasteiger partial charge on any atom is -0.0276 e. The van der Waals surface area contributed by atoms with E-state index in [0.29, 0.717) is 17.8 Å². The van der Waals surface area contributed by atoms with E-state index in [1.54, 1.807) is 0 Å². The fourth-order valence-corrected chi connectivity index (χ4v) is 13.2. The van der Waals surface area contributed by atoms with Gasteiger partial charge in [0.15, 0.2) is 0 Å². The molecule has 7 atom stereocenters. The molecule has 0 saturated carbocycles. The third-order valence-corrected chi connectivity index (χ3v) is 17.7. The molecule has 0 spiro atoms. The van der Waals surface area contributed by atoms with Crippen LogP contribution < -0.4 is 0 Å². The quantitative estimate of drug-likeness (QED) is 0.0364. The second kappa shape index (κ2) is 34.3. The zero-order valence-corrected chi connectivity index (χ0v) is 46.7. The van der Waals surface area contributed by atoms with Crippen LogP contribution in [0.5, 0.6) is 0 Å². The van der Waals surface area contributed by atoms with E-state index >= 15 is 0 Å². The predicted octanol–water partition coefficient (Wildman–Crippen LogP) is 20.7. The van der Waals surface area contributed by atoms with Crippen molar-refractivity contribution in [3.8, 4) is 0 Å². The van der Waals surface area contributed by atoms with Crippen molar-refractivity contribution in [1.29, 1.82) is 0 Å². The van der Waals surface area contributed by atoms with Gasteiger partial charge in [-0.05, 0) is 177 Å². The van der Waals surface area contributed by atoms with Crippen LogP contribution in [0.2, 0.25) is 0 Å². The van der Waals surface area contributed by atoms with Crippen molar-refractivity contribution < 1.29 is 0 Å². The van der Waals surface area contributed by atoms with Crippen LogP contribution in [0.25, 0.3) is 0 Å². The van der Waals surface area contributed by atoms with E-state index in [1.165, 1.54) is 193 Å². The fourth-order valence-electron chi connectivity index (χ4n) is 13.2. The molecule has 75 heavy (non-hydrogen) atoms. The molecule has 0 bridgehead atoms. The topological polar surface area (TPSA) is 0 Å². The molecule has 0 fully saturated rings. The van der Waals surface area contributed by atoms with Crippen molar-refractivity contribution in [3.63, 3.8) is 0 Å². The maximum atomic E-state index is 2.48. The van der Waals surface area contributed by atoms with Crippen molar-refractivity contribution in [1.82, 2.24) is 0 Å². The Bertz CT molecular complexity index is 2430. The van der Waals surface area contributed by atoms with Gasteiger partial charge in [-0.3, -0.25) is 0 Å². The molecule has 0 radical (unpaired) electrons. The summed E-state index contributed by atoms with van der Waals surface area (Å²) in [6, 6.07) is 79.9. The van der Waals surface area contributed by atoms with E-state index in [0.717, 1.165) is 23.7 Å². The lowest BCUT2D eigenvalue weighted by Crippen LogP contribution is -2.27. The molecule has 0 aromatic heterocycles. The molecule has 0 aliphatic rings. The molecule has 7 rings (SSSR count). The molecule has 0 aliphatic carbocycles. The van der Waals surface area contributed by atoms with E-state index in [9.17, 15) is 0 Å². The SMILES string of the molecule is CCCC(CCc1ccccc1)CCC(CCc1ccccc1)CCC(CCc1ccccc1)C(CCc1ccccc1)C(CCCC(CCc1ccccc1)C(CC)CCc1ccccc1)CCc1ccccc1. The summed E-state index contributed by atoms with van der Waals surface area (Å²) in [6.07, 6.45) is 30.6. The Morgan fingerprint density at radius 2 is 0.493 bits per heavy atom. The molecule has 0 heterocycles. The molecule has 7 aromatic carbocycles. The Labute approximate surface area is 458 Å². The van der Waals surface area contributed by atoms with Crippen LogP contribution in [0, 0.1) is 41.4 Å². The first-order valence-electron chi connectivity index (χ1n) is 30.4. The van der Waals surface area contributed by atoms with Gasteiger partial charge in [0.25, 0.3) is 0 Å². The predicted molar refractivity (Wildman–Crippen MR) is 325 cm³/mol. The summed E-state index contributed by atoms with van der Waals surface area (Å²) in [4.78, 5) is 0. The minimum Gasteiger partial charge on any atom is -0.0654 e. The number of hydrogen-bond donors (Lipinski definition) is 0. The van der Waals surface area contributed by atoms with Crippen molar-refractivity contribution in [2.45, 2.75) is 168 Å². The summed E-state index contributed by atoms with van der Waals surface area (Å²) in [5.74, 6) is 5.06. The highest BCUT2D eigenvalue weighted by atomic mass is 14.4. The zero-order valence-electron chi connectivity index (χ0n) is 46.7. The van der Waals surface area contributed by atoms with Crippen LogP contribution in [0.3, 0.4) is 0 Å². The van der Waals surface area contributed by atoms with E-state index in [2.05, 4.69) is 226 Å². The number of hydrogen-bond acceptors (Lipinski definition) is 0. The number of benzene rings is 7. The first kappa shape index (κ1) is 57.2. The van der Waals surface area contributed by atoms with Crippen LogP contribution in [0.15, 0.2) is 212 Å². The van der Waals surface area contributed by atoms with Gasteiger partial charge in [-0.25, -0.2) is 0 Å². The number of aryl methyl sites for hydroxylation is 7. The molecule has 0 aliphatic heterocycles. The highest BCUT2D eigenvalue weighted by Crippen LogP contribution is 2.41. The molecule has 0 N–H and O–H groups in total. The summed E-state index contributed by atoms with van der Waals surface area (Å²) in [7, 11) is 0. The highest BCUT2D eigenvalue weighted by molar-refractivity contribution is 5.20. The lowest BCUT2D eigenvalue weighted by Gasteiger charge is -2.36. The molecule has 7 aromatic rings. The summed E-state index contributed by atoms with van der Waals surface area (Å²) >= 11 is 0. The maximum absolute atomic E-state index is 2.48. The second-order valence-electron chi connectivity index (χ2n) is 22.9. The van der Waals surface area contributed by atoms with Crippen molar-refractivity contribution in [2.24, 2.45) is 41.4 Å². The van der Waals surface area contributed by atoms with Crippen LogP contribution in [0.4, 0.5) is 0 Å². The van der Waals surface area contributed by atoms with E-state index in [-0.39, 0.29) is 0 Å². The molecule has 0 amide bonds. The van der Waals surface area contributed by atoms with Gasteiger partial charge >= 0.3 is 0 Å². The van der Waals surface area contributed by atoms with Crippen molar-refractivity contribution >= 4 is 0 Å². The molecule has 0 nitrogen and oxygen atoms in total. The summed E-state index contributed by atoms with van der Waals surface area (Å²) in [6.45, 7) is 4.88. The van der Waals surface area contributed by atoms with E-state index < -0.39 is 0 Å². The minimum absolute atomic E-state index is 0.675. The van der Waals surface area contributed by atoms with Gasteiger partial charge in [0.2, 0.25) is 0 Å². The van der Waals surface area contributed by atoms with Gasteiger partial charge in [-0.15, -0.1) is 0 Å². The third-order valence-electron chi connectivity index (χ3n) is 17.7. The smallest absolute Gasteiger partial charge is 0.0276 e. The van der Waals surface area contributed by atoms with Gasteiger partial charge in [0, 0.05) is 0 Å². The first-order valence-corrected chi connectivity index (χ1v) is 30.4. The highest BCUT2D eigenvalue weighted by Gasteiger charge is 2.31. The summed E-state index contributed by atoms with van der Waals surface area (Å²) in [5.41, 5.74) is 10.5. The second-order valence-corrected chi connectivity index (χ2v) is 22.9. The molecule has 0 heteroatoms. The van der Waals surface area contributed by atoms with Crippen LogP contribution in [-0.2, 0) is 44.9 Å². The molecule has 0 saturated heterocycles. The lowest BCUT2D eigenvalue weighted by molar-refractivity contribution is 0.153. The van der Waals surface area contributed by atoms with Gasteiger partial charge in [0.1, 0.15) is 0 Å². The summed E-state index contributed by atoms with van der Waals surface area (Å²) in [5, 5.41) is 0. The Kier molecular flexibility index (Phi) is 26.1. The number of rotatable bonds is 37. The average molecular weight is 998 g/mol. The molecular formula is C75H96. The van der Waals surface area contributed by atoms with Crippen LogP contribution in [0.1, 0.15) is 162 Å². The van der Waals surface area contributed by atoms with Gasteiger partial charge in [0.05, 0.1) is 0 Å². The van der Waals surface area contributed by atoms with Gasteiger partial charge in [-0.2, -0.15) is 0 Å². The van der Waals surface area contributed by atoms with Gasteiger partial charge < -0.3 is 0 Å². The van der Waals surface area contributed by atoms with Gasteiger partial charge in [-0.1, -0.05) is 284 Å². The fraction of sp³-hybridized carbons (Fsp3) is 0.440. The van der Waals surface area contributed by atoms with Crippen LogP contribution >= 0.6 is 0 Å². The first-order chi connectivity index (χ1) is 37.1. The van der Waals surface area contributed by atoms with Crippen molar-refractivity contribution in [2.75, 3.05) is 0 Å². The lowest BCUT2D eigenvalue weighted by atomic mass is 9.69.